The van der Waals surface area contributed by atoms with E-state index in [0.29, 0.717) is 39.8 Å². The Kier molecular flexibility index (Phi) is 6.76. The van der Waals surface area contributed by atoms with Gasteiger partial charge in [-0.05, 0) is 29.8 Å². The van der Waals surface area contributed by atoms with Crippen molar-refractivity contribution in [2.75, 3.05) is 17.3 Å². The van der Waals surface area contributed by atoms with Crippen LogP contribution in [0.25, 0.3) is 0 Å². The van der Waals surface area contributed by atoms with E-state index >= 15 is 0 Å². The maximum Gasteiger partial charge on any atom is 0.328 e. The van der Waals surface area contributed by atoms with Gasteiger partial charge in [0.15, 0.2) is 0 Å². The SMILES string of the molecule is COC(=O)[C@@H]1C[C@@H](N(C(C)=O)c2ccc(CC#CN)cc2)c2c(Cl)cc(Cl)cc2N1. The molecule has 1 aliphatic rings. The van der Waals surface area contributed by atoms with E-state index in [-0.39, 0.29) is 5.91 Å². The van der Waals surface area contributed by atoms with Crippen LogP contribution in [0.4, 0.5) is 11.4 Å². The Bertz CT molecular complexity index is 1030. The quantitative estimate of drug-likeness (QED) is 0.423. The van der Waals surface area contributed by atoms with Crippen LogP contribution in [0.15, 0.2) is 36.4 Å². The Hall–Kier alpha value is -2.88. The highest BCUT2D eigenvalue weighted by atomic mass is 35.5. The van der Waals surface area contributed by atoms with Gasteiger partial charge in [-0.25, -0.2) is 4.79 Å². The third-order valence-corrected chi connectivity index (χ3v) is 5.49. The van der Waals surface area contributed by atoms with E-state index in [1.165, 1.54) is 14.0 Å². The van der Waals surface area contributed by atoms with Crippen molar-refractivity contribution in [1.82, 2.24) is 0 Å². The topological polar surface area (TPSA) is 84.7 Å². The maximum atomic E-state index is 12.7. The number of hydrogen-bond acceptors (Lipinski definition) is 5. The summed E-state index contributed by atoms with van der Waals surface area (Å²) in [5.41, 5.74) is 8.19. The highest BCUT2D eigenvalue weighted by Crippen LogP contribution is 2.44. The number of nitrogens with one attached hydrogen (secondary N) is 1. The number of carbonyl (C=O) groups is 2. The molecule has 6 nitrogen and oxygen atoms in total. The lowest BCUT2D eigenvalue weighted by Crippen LogP contribution is -2.43. The Balaban J connectivity index is 2.07. The van der Waals surface area contributed by atoms with Gasteiger partial charge in [-0.2, -0.15) is 0 Å². The van der Waals surface area contributed by atoms with E-state index in [4.69, 9.17) is 33.7 Å². The summed E-state index contributed by atoms with van der Waals surface area (Å²) < 4.78 is 4.92. The molecule has 0 radical (unpaired) electrons. The van der Waals surface area contributed by atoms with Gasteiger partial charge < -0.3 is 20.7 Å². The lowest BCUT2D eigenvalue weighted by molar-refractivity contribution is -0.142. The van der Waals surface area contributed by atoms with Crippen LogP contribution in [0.1, 0.15) is 30.5 Å². The van der Waals surface area contributed by atoms with Crippen LogP contribution >= 0.6 is 23.2 Å². The van der Waals surface area contributed by atoms with Crippen LogP contribution < -0.4 is 16.0 Å². The molecule has 3 rings (SSSR count). The molecule has 0 saturated carbocycles. The van der Waals surface area contributed by atoms with E-state index in [1.807, 2.05) is 24.3 Å². The van der Waals surface area contributed by atoms with Crippen LogP contribution in [0.3, 0.4) is 0 Å². The number of carbonyl (C=O) groups excluding carboxylic acids is 2. The van der Waals surface area contributed by atoms with Gasteiger partial charge in [-0.15, -0.1) is 0 Å². The number of nitrogens with two attached hydrogens (primary N) is 1. The number of nitrogens with zero attached hydrogens (tertiary/aromatic N) is 1. The Labute approximate surface area is 185 Å². The van der Waals surface area contributed by atoms with Gasteiger partial charge in [-0.3, -0.25) is 4.79 Å². The smallest absolute Gasteiger partial charge is 0.328 e. The Morgan fingerprint density at radius 2 is 1.97 bits per heavy atom. The number of ether oxygens (including phenoxy) is 1. The zero-order valence-corrected chi connectivity index (χ0v) is 18.1. The molecular formula is C22H21Cl2N3O3. The third-order valence-electron chi connectivity index (χ3n) is 4.96. The summed E-state index contributed by atoms with van der Waals surface area (Å²) >= 11 is 12.7. The summed E-state index contributed by atoms with van der Waals surface area (Å²) in [6, 6.07) is 12.0. The summed E-state index contributed by atoms with van der Waals surface area (Å²) in [6.45, 7) is 1.48. The Morgan fingerprint density at radius 3 is 2.57 bits per heavy atom. The van der Waals surface area contributed by atoms with Crippen LogP contribution in [0.5, 0.6) is 0 Å². The second kappa shape index (κ2) is 9.29. The predicted molar refractivity (Wildman–Crippen MR) is 119 cm³/mol. The van der Waals surface area contributed by atoms with E-state index < -0.39 is 18.1 Å². The minimum absolute atomic E-state index is 0.183. The van der Waals surface area contributed by atoms with Crippen LogP contribution in [-0.2, 0) is 20.7 Å². The highest BCUT2D eigenvalue weighted by Gasteiger charge is 2.38. The molecule has 0 bridgehead atoms. The third kappa shape index (κ3) is 4.48. The van der Waals surface area contributed by atoms with Gasteiger partial charge in [-0.1, -0.05) is 41.3 Å². The lowest BCUT2D eigenvalue weighted by atomic mass is 9.90. The number of halogens is 2. The standard InChI is InChI=1S/C22H21Cl2N3O3/c1-13(28)27(16-7-5-14(6-8-16)4-3-9-25)20-12-19(22(29)30-2)26-18-11-15(23)10-17(24)21(18)20/h5-8,10-11,19-20,26H,4,12,25H2,1-2H3/t19-,20+/m0/s1. The van der Waals surface area contributed by atoms with Crippen molar-refractivity contribution in [1.29, 1.82) is 0 Å². The van der Waals surface area contributed by atoms with Crippen LogP contribution in [0.2, 0.25) is 10.0 Å². The average molecular weight is 446 g/mol. The van der Waals surface area contributed by atoms with Gasteiger partial charge in [0.25, 0.3) is 0 Å². The monoisotopic (exact) mass is 445 g/mol. The molecule has 30 heavy (non-hydrogen) atoms. The molecule has 8 heteroatoms. The molecule has 3 N–H and O–H groups in total. The first-order valence-electron chi connectivity index (χ1n) is 9.26. The molecule has 0 saturated heterocycles. The van der Waals surface area contributed by atoms with Crippen molar-refractivity contribution in [3.8, 4) is 12.0 Å². The molecule has 2 aromatic rings. The minimum atomic E-state index is -0.650. The molecule has 0 aliphatic carbocycles. The molecule has 0 fully saturated rings. The van der Waals surface area contributed by atoms with Crippen molar-refractivity contribution in [3.63, 3.8) is 0 Å². The minimum Gasteiger partial charge on any atom is -0.467 e. The zero-order valence-electron chi connectivity index (χ0n) is 16.5. The first-order valence-corrected chi connectivity index (χ1v) is 10.0. The highest BCUT2D eigenvalue weighted by molar-refractivity contribution is 6.35. The largest absolute Gasteiger partial charge is 0.467 e. The van der Waals surface area contributed by atoms with Gasteiger partial charge in [0.1, 0.15) is 6.04 Å². The number of anilines is 2. The van der Waals surface area contributed by atoms with Gasteiger partial charge in [0.05, 0.1) is 13.2 Å². The van der Waals surface area contributed by atoms with E-state index in [9.17, 15) is 9.59 Å². The fraction of sp³-hybridized carbons (Fsp3) is 0.273. The second-order valence-corrected chi connectivity index (χ2v) is 7.72. The number of methoxy groups -OCH3 is 1. The molecule has 1 amide bonds. The van der Waals surface area contributed by atoms with E-state index in [1.54, 1.807) is 17.0 Å². The van der Waals surface area contributed by atoms with Crippen molar-refractivity contribution >= 4 is 46.5 Å². The van der Waals surface area contributed by atoms with Gasteiger partial charge in [0, 0.05) is 52.8 Å². The number of fused-ring (bicyclic) bond motifs is 1. The van der Waals surface area contributed by atoms with Crippen molar-refractivity contribution in [3.05, 3.63) is 57.6 Å². The number of hydrogen-bond donors (Lipinski definition) is 2. The fourth-order valence-corrected chi connectivity index (χ4v) is 4.29. The Morgan fingerprint density at radius 1 is 1.27 bits per heavy atom. The molecule has 2 aromatic carbocycles. The lowest BCUT2D eigenvalue weighted by Gasteiger charge is -2.39. The molecular weight excluding hydrogens is 425 g/mol. The maximum absolute atomic E-state index is 12.7. The molecule has 1 aliphatic heterocycles. The van der Waals surface area contributed by atoms with E-state index in [0.717, 1.165) is 5.56 Å². The number of esters is 1. The summed E-state index contributed by atoms with van der Waals surface area (Å²) in [6.07, 6.45) is 0.808. The number of rotatable bonds is 4. The molecule has 2 atom stereocenters. The second-order valence-electron chi connectivity index (χ2n) is 6.87. The predicted octanol–water partition coefficient (Wildman–Crippen LogP) is 3.91. The average Bonchev–Trinajstić information content (AvgIpc) is 2.71. The summed E-state index contributed by atoms with van der Waals surface area (Å²) in [7, 11) is 1.32. The molecule has 1 heterocycles. The summed E-state index contributed by atoms with van der Waals surface area (Å²) in [4.78, 5) is 26.6. The van der Waals surface area contributed by atoms with Crippen LogP contribution in [-0.4, -0.2) is 25.0 Å². The van der Waals surface area contributed by atoms with Gasteiger partial charge >= 0.3 is 5.97 Å². The van der Waals surface area contributed by atoms with Crippen molar-refractivity contribution in [2.45, 2.75) is 31.8 Å². The van der Waals surface area contributed by atoms with E-state index in [2.05, 4.69) is 17.3 Å². The molecule has 0 unspecified atom stereocenters. The number of amides is 1. The van der Waals surface area contributed by atoms with Crippen molar-refractivity contribution < 1.29 is 14.3 Å². The van der Waals surface area contributed by atoms with Crippen molar-refractivity contribution in [2.24, 2.45) is 5.73 Å². The molecule has 0 aromatic heterocycles. The normalized spacial score (nSPS) is 17.1. The zero-order chi connectivity index (χ0) is 21.8. The van der Waals surface area contributed by atoms with Crippen LogP contribution in [0, 0.1) is 12.0 Å². The first kappa shape index (κ1) is 21.8. The summed E-state index contributed by atoms with van der Waals surface area (Å²) in [5, 5.41) is 3.97. The number of benzene rings is 2. The molecule has 0 spiro atoms. The summed E-state index contributed by atoms with van der Waals surface area (Å²) in [5.74, 6) is 2.19. The van der Waals surface area contributed by atoms with Gasteiger partial charge in [0.2, 0.25) is 5.91 Å². The first-order chi connectivity index (χ1) is 14.3. The molecule has 156 valence electrons. The fourth-order valence-electron chi connectivity index (χ4n) is 3.67.